The first-order valence-electron chi connectivity index (χ1n) is 8.04. The minimum absolute atomic E-state index is 0.0561. The van der Waals surface area contributed by atoms with Gasteiger partial charge >= 0.3 is 5.97 Å². The monoisotopic (exact) mass is 376 g/mol. The molecule has 0 bridgehead atoms. The average molecular weight is 376 g/mol. The van der Waals surface area contributed by atoms with E-state index in [1.807, 2.05) is 37.3 Å². The van der Waals surface area contributed by atoms with Crippen LogP contribution in [-0.2, 0) is 19.1 Å². The summed E-state index contributed by atoms with van der Waals surface area (Å²) >= 11 is 1.24. The maximum atomic E-state index is 11.8. The van der Waals surface area contributed by atoms with Crippen LogP contribution in [0.2, 0.25) is 0 Å². The Morgan fingerprint density at radius 3 is 2.50 bits per heavy atom. The SMILES string of the molecule is Cc1nnc(NC(=O)CCC(=O)OCC(=O)N[C@H](C)c2ccccc2)s1. The van der Waals surface area contributed by atoms with E-state index in [2.05, 4.69) is 20.8 Å². The molecule has 0 aliphatic heterocycles. The number of carbonyl (C=O) groups is 3. The van der Waals surface area contributed by atoms with Crippen molar-refractivity contribution in [3.63, 3.8) is 0 Å². The van der Waals surface area contributed by atoms with Crippen LogP contribution in [0.15, 0.2) is 30.3 Å². The van der Waals surface area contributed by atoms with Crippen LogP contribution < -0.4 is 10.6 Å². The Morgan fingerprint density at radius 2 is 1.85 bits per heavy atom. The normalized spacial score (nSPS) is 11.5. The number of anilines is 1. The van der Waals surface area contributed by atoms with Crippen molar-refractivity contribution in [1.29, 1.82) is 0 Å². The number of nitrogens with zero attached hydrogens (tertiary/aromatic N) is 2. The zero-order chi connectivity index (χ0) is 18.9. The van der Waals surface area contributed by atoms with Crippen molar-refractivity contribution in [2.45, 2.75) is 32.7 Å². The lowest BCUT2D eigenvalue weighted by Gasteiger charge is -2.14. The molecule has 26 heavy (non-hydrogen) atoms. The van der Waals surface area contributed by atoms with Gasteiger partial charge in [-0.2, -0.15) is 0 Å². The van der Waals surface area contributed by atoms with Crippen molar-refractivity contribution in [2.24, 2.45) is 0 Å². The second-order valence-corrected chi connectivity index (χ2v) is 6.72. The van der Waals surface area contributed by atoms with Crippen molar-refractivity contribution < 1.29 is 19.1 Å². The summed E-state index contributed by atoms with van der Waals surface area (Å²) in [6, 6.07) is 9.26. The number of nitrogens with one attached hydrogen (secondary N) is 2. The molecule has 2 N–H and O–H groups in total. The number of aryl methyl sites for hydroxylation is 1. The first kappa shape index (κ1) is 19.5. The van der Waals surface area contributed by atoms with Gasteiger partial charge < -0.3 is 15.4 Å². The standard InChI is InChI=1S/C17H20N4O4S/c1-11(13-6-4-3-5-7-13)18-15(23)10-25-16(24)9-8-14(22)19-17-21-20-12(2)26-17/h3-7,11H,8-10H2,1-2H3,(H,18,23)(H,19,21,22)/t11-/m1/s1. The van der Waals surface area contributed by atoms with Gasteiger partial charge in [-0.25, -0.2) is 0 Å². The lowest BCUT2D eigenvalue weighted by atomic mass is 10.1. The smallest absolute Gasteiger partial charge is 0.306 e. The third-order valence-corrected chi connectivity index (χ3v) is 4.12. The van der Waals surface area contributed by atoms with Crippen LogP contribution in [-0.4, -0.2) is 34.6 Å². The van der Waals surface area contributed by atoms with Gasteiger partial charge in [0.15, 0.2) is 6.61 Å². The highest BCUT2D eigenvalue weighted by molar-refractivity contribution is 7.15. The molecule has 0 aliphatic carbocycles. The van der Waals surface area contributed by atoms with Crippen LogP contribution in [0.4, 0.5) is 5.13 Å². The van der Waals surface area contributed by atoms with Crippen LogP contribution in [0.1, 0.15) is 36.4 Å². The summed E-state index contributed by atoms with van der Waals surface area (Å²) in [7, 11) is 0. The predicted octanol–water partition coefficient (Wildman–Crippen LogP) is 1.99. The summed E-state index contributed by atoms with van der Waals surface area (Å²) in [4.78, 5) is 35.2. The Morgan fingerprint density at radius 1 is 1.12 bits per heavy atom. The first-order valence-corrected chi connectivity index (χ1v) is 8.85. The molecule has 138 valence electrons. The third kappa shape index (κ3) is 6.60. The van der Waals surface area contributed by atoms with Gasteiger partial charge in [0, 0.05) is 6.42 Å². The fraction of sp³-hybridized carbons (Fsp3) is 0.353. The summed E-state index contributed by atoms with van der Waals surface area (Å²) in [5.74, 6) is -1.38. The average Bonchev–Trinajstić information content (AvgIpc) is 3.03. The summed E-state index contributed by atoms with van der Waals surface area (Å²) < 4.78 is 4.89. The zero-order valence-corrected chi connectivity index (χ0v) is 15.3. The molecule has 2 amide bonds. The molecule has 0 unspecified atom stereocenters. The van der Waals surface area contributed by atoms with Crippen molar-refractivity contribution in [1.82, 2.24) is 15.5 Å². The summed E-state index contributed by atoms with van der Waals surface area (Å²) in [5.41, 5.74) is 0.954. The predicted molar refractivity (Wildman–Crippen MR) is 96.5 cm³/mol. The van der Waals surface area contributed by atoms with Crippen LogP contribution in [0.25, 0.3) is 0 Å². The summed E-state index contributed by atoms with van der Waals surface area (Å²) in [6.07, 6.45) is -0.176. The van der Waals surface area contributed by atoms with Gasteiger partial charge in [-0.1, -0.05) is 41.7 Å². The quantitative estimate of drug-likeness (QED) is 0.682. The van der Waals surface area contributed by atoms with Crippen LogP contribution in [0.3, 0.4) is 0 Å². The number of hydrogen-bond donors (Lipinski definition) is 2. The van der Waals surface area contributed by atoms with E-state index in [0.717, 1.165) is 10.6 Å². The van der Waals surface area contributed by atoms with Gasteiger partial charge in [0.1, 0.15) is 5.01 Å². The number of benzene rings is 1. The molecule has 2 rings (SSSR count). The van der Waals surface area contributed by atoms with E-state index in [1.165, 1.54) is 11.3 Å². The molecule has 8 nitrogen and oxygen atoms in total. The van der Waals surface area contributed by atoms with E-state index in [9.17, 15) is 14.4 Å². The largest absolute Gasteiger partial charge is 0.456 e. The van der Waals surface area contributed by atoms with Crippen molar-refractivity contribution in [3.8, 4) is 0 Å². The topological polar surface area (TPSA) is 110 Å². The highest BCUT2D eigenvalue weighted by atomic mass is 32.1. The summed E-state index contributed by atoms with van der Waals surface area (Å²) in [6.45, 7) is 3.23. The molecule has 1 aromatic carbocycles. The highest BCUT2D eigenvalue weighted by Crippen LogP contribution is 2.14. The molecule has 2 aromatic rings. The molecule has 0 aliphatic rings. The first-order chi connectivity index (χ1) is 12.4. The molecule has 0 radical (unpaired) electrons. The van der Waals surface area contributed by atoms with Crippen LogP contribution >= 0.6 is 11.3 Å². The van der Waals surface area contributed by atoms with Gasteiger partial charge in [-0.3, -0.25) is 14.4 Å². The number of aromatic nitrogens is 2. The maximum absolute atomic E-state index is 11.8. The van der Waals surface area contributed by atoms with Gasteiger partial charge in [-0.05, 0) is 19.4 Å². The summed E-state index contributed by atoms with van der Waals surface area (Å²) in [5, 5.41) is 13.9. The maximum Gasteiger partial charge on any atom is 0.306 e. The minimum atomic E-state index is -0.615. The van der Waals surface area contributed by atoms with E-state index >= 15 is 0 Å². The van der Waals surface area contributed by atoms with Crippen LogP contribution in [0.5, 0.6) is 0 Å². The van der Waals surface area contributed by atoms with Gasteiger partial charge in [0.05, 0.1) is 12.5 Å². The highest BCUT2D eigenvalue weighted by Gasteiger charge is 2.13. The molecule has 1 heterocycles. The molecule has 0 saturated heterocycles. The molecule has 0 saturated carbocycles. The molecule has 1 atom stereocenters. The van der Waals surface area contributed by atoms with Crippen molar-refractivity contribution >= 4 is 34.3 Å². The van der Waals surface area contributed by atoms with Gasteiger partial charge in [0.25, 0.3) is 5.91 Å². The number of esters is 1. The van der Waals surface area contributed by atoms with E-state index in [0.29, 0.717) is 5.13 Å². The molecule has 1 aromatic heterocycles. The molecular weight excluding hydrogens is 356 g/mol. The number of carbonyl (C=O) groups excluding carboxylic acids is 3. The molecule has 0 spiro atoms. The fourth-order valence-corrected chi connectivity index (χ4v) is 2.68. The molecule has 0 fully saturated rings. The molecule has 9 heteroatoms. The Kier molecular flexibility index (Phi) is 7.22. The van der Waals surface area contributed by atoms with E-state index in [1.54, 1.807) is 6.92 Å². The van der Waals surface area contributed by atoms with Crippen LogP contribution in [0, 0.1) is 6.92 Å². The fourth-order valence-electron chi connectivity index (χ4n) is 2.07. The number of hydrogen-bond acceptors (Lipinski definition) is 7. The van der Waals surface area contributed by atoms with Gasteiger partial charge in [0.2, 0.25) is 11.0 Å². The zero-order valence-electron chi connectivity index (χ0n) is 14.5. The van der Waals surface area contributed by atoms with Crippen molar-refractivity contribution in [2.75, 3.05) is 11.9 Å². The Labute approximate surface area is 155 Å². The van der Waals surface area contributed by atoms with E-state index in [-0.39, 0.29) is 31.4 Å². The second-order valence-electron chi connectivity index (χ2n) is 5.53. The lowest BCUT2D eigenvalue weighted by Crippen LogP contribution is -2.31. The Bertz CT molecular complexity index is 763. The van der Waals surface area contributed by atoms with Crippen molar-refractivity contribution in [3.05, 3.63) is 40.9 Å². The van der Waals surface area contributed by atoms with E-state index < -0.39 is 11.9 Å². The molecular formula is C17H20N4O4S. The Balaban J connectivity index is 1.64. The Hall–Kier alpha value is -2.81. The number of rotatable bonds is 8. The lowest BCUT2D eigenvalue weighted by molar-refractivity contribution is -0.149. The second kappa shape index (κ2) is 9.62. The minimum Gasteiger partial charge on any atom is -0.456 e. The number of amides is 2. The third-order valence-electron chi connectivity index (χ3n) is 3.37. The van der Waals surface area contributed by atoms with E-state index in [4.69, 9.17) is 4.74 Å². The van der Waals surface area contributed by atoms with Gasteiger partial charge in [-0.15, -0.1) is 10.2 Å². The number of ether oxygens (including phenoxy) is 1.